The van der Waals surface area contributed by atoms with Crippen LogP contribution in [-0.2, 0) is 23.1 Å². The van der Waals surface area contributed by atoms with Gasteiger partial charge in [-0.3, -0.25) is 0 Å². The maximum atomic E-state index is 11.1. The van der Waals surface area contributed by atoms with Crippen LogP contribution in [0.15, 0.2) is 45.7 Å². The molecule has 0 saturated carbocycles. The topological polar surface area (TPSA) is 109 Å². The first kappa shape index (κ1) is 14.3. The van der Waals surface area contributed by atoms with E-state index in [-0.39, 0.29) is 10.7 Å². The smallest absolute Gasteiger partial charge is 0.238 e. The molecule has 0 bridgehead atoms. The van der Waals surface area contributed by atoms with Gasteiger partial charge in [-0.2, -0.15) is 5.26 Å². The fourth-order valence-corrected chi connectivity index (χ4v) is 2.18. The third-order valence-electron chi connectivity index (χ3n) is 2.65. The maximum absolute atomic E-state index is 11.1. The Morgan fingerprint density at radius 2 is 1.85 bits per heavy atom. The van der Waals surface area contributed by atoms with Crippen molar-refractivity contribution < 1.29 is 12.8 Å². The predicted octanol–water partition coefficient (Wildman–Crippen LogP) is 1.09. The summed E-state index contributed by atoms with van der Waals surface area (Å²) in [6, 6.07) is 11.6. The van der Waals surface area contributed by atoms with Crippen LogP contribution in [0.2, 0.25) is 0 Å². The molecule has 0 aliphatic carbocycles. The van der Waals surface area contributed by atoms with E-state index in [0.717, 1.165) is 5.56 Å². The highest BCUT2D eigenvalue weighted by molar-refractivity contribution is 7.89. The molecule has 2 aromatic rings. The fourth-order valence-electron chi connectivity index (χ4n) is 1.66. The summed E-state index contributed by atoms with van der Waals surface area (Å²) in [7, 11) is -3.65. The predicted molar refractivity (Wildman–Crippen MR) is 71.8 cm³/mol. The number of hydrogen-bond acceptors (Lipinski definition) is 5. The zero-order valence-corrected chi connectivity index (χ0v) is 11.4. The summed E-state index contributed by atoms with van der Waals surface area (Å²) in [5.41, 5.74) is 0.921. The van der Waals surface area contributed by atoms with Gasteiger partial charge < -0.3 is 9.73 Å². The van der Waals surface area contributed by atoms with Crippen LogP contribution in [0.5, 0.6) is 0 Å². The lowest BCUT2D eigenvalue weighted by Crippen LogP contribution is -2.14. The molecule has 0 aliphatic heterocycles. The first-order valence-electron chi connectivity index (χ1n) is 5.80. The Labute approximate surface area is 116 Å². The Hall–Kier alpha value is -2.14. The summed E-state index contributed by atoms with van der Waals surface area (Å²) in [4.78, 5) is 0.0888. The lowest BCUT2D eigenvalue weighted by Gasteiger charge is -2.04. The Balaban J connectivity index is 1.90. The highest BCUT2D eigenvalue weighted by Gasteiger charge is 2.06. The SMILES string of the molecule is N#Cc1ccc(CNCc2ccc(S(N)(=O)=O)cc2)o1. The molecule has 104 valence electrons. The standard InChI is InChI=1S/C13H13N3O3S/c14-7-11-3-4-12(19-11)9-16-8-10-1-5-13(6-2-10)20(15,17)18/h1-6,16H,8-9H2,(H2,15,17,18). The number of furan rings is 1. The molecule has 0 amide bonds. The molecule has 0 saturated heterocycles. The molecular formula is C13H13N3O3S. The van der Waals surface area contributed by atoms with Gasteiger partial charge in [0.25, 0.3) is 0 Å². The van der Waals surface area contributed by atoms with Gasteiger partial charge in [0.15, 0.2) is 0 Å². The quantitative estimate of drug-likeness (QED) is 0.857. The van der Waals surface area contributed by atoms with Gasteiger partial charge in [0, 0.05) is 6.54 Å². The largest absolute Gasteiger partial charge is 0.449 e. The van der Waals surface area contributed by atoms with Gasteiger partial charge in [-0.05, 0) is 29.8 Å². The first-order valence-corrected chi connectivity index (χ1v) is 7.35. The van der Waals surface area contributed by atoms with Crippen LogP contribution in [-0.4, -0.2) is 8.42 Å². The monoisotopic (exact) mass is 291 g/mol. The highest BCUT2D eigenvalue weighted by Crippen LogP contribution is 2.09. The van der Waals surface area contributed by atoms with Crippen molar-refractivity contribution in [3.8, 4) is 6.07 Å². The minimum absolute atomic E-state index is 0.0888. The second-order valence-corrected chi connectivity index (χ2v) is 5.73. The lowest BCUT2D eigenvalue weighted by atomic mass is 10.2. The van der Waals surface area contributed by atoms with E-state index in [9.17, 15) is 8.42 Å². The van der Waals surface area contributed by atoms with Crippen molar-refractivity contribution in [1.82, 2.24) is 5.32 Å². The van der Waals surface area contributed by atoms with Crippen LogP contribution >= 0.6 is 0 Å². The molecule has 6 nitrogen and oxygen atoms in total. The number of nitriles is 1. The van der Waals surface area contributed by atoms with Crippen LogP contribution in [0.25, 0.3) is 0 Å². The van der Waals surface area contributed by atoms with Gasteiger partial charge in [0.05, 0.1) is 11.4 Å². The van der Waals surface area contributed by atoms with E-state index in [4.69, 9.17) is 14.8 Å². The molecule has 2 rings (SSSR count). The molecule has 3 N–H and O–H groups in total. The number of nitrogens with one attached hydrogen (secondary N) is 1. The maximum Gasteiger partial charge on any atom is 0.238 e. The third-order valence-corrected chi connectivity index (χ3v) is 3.58. The van der Waals surface area contributed by atoms with E-state index in [1.54, 1.807) is 24.3 Å². The van der Waals surface area contributed by atoms with Crippen molar-refractivity contribution in [2.45, 2.75) is 18.0 Å². The average molecular weight is 291 g/mol. The Bertz CT molecular complexity index is 727. The summed E-state index contributed by atoms with van der Waals surface area (Å²) in [6.45, 7) is 1.03. The van der Waals surface area contributed by atoms with Crippen LogP contribution in [0.4, 0.5) is 0 Å². The number of hydrogen-bond donors (Lipinski definition) is 2. The van der Waals surface area contributed by atoms with Gasteiger partial charge in [0.2, 0.25) is 15.8 Å². The molecule has 1 heterocycles. The molecule has 1 aromatic carbocycles. The minimum atomic E-state index is -3.65. The van der Waals surface area contributed by atoms with Gasteiger partial charge in [0.1, 0.15) is 11.8 Å². The summed E-state index contributed by atoms with van der Waals surface area (Å²) in [6.07, 6.45) is 0. The minimum Gasteiger partial charge on any atom is -0.449 e. The van der Waals surface area contributed by atoms with Crippen molar-refractivity contribution in [3.05, 3.63) is 53.5 Å². The normalized spacial score (nSPS) is 11.2. The number of nitrogens with zero attached hydrogens (tertiary/aromatic N) is 1. The van der Waals surface area contributed by atoms with E-state index in [1.165, 1.54) is 12.1 Å². The molecule has 0 unspecified atom stereocenters. The molecule has 0 radical (unpaired) electrons. The van der Waals surface area contributed by atoms with Crippen molar-refractivity contribution in [2.24, 2.45) is 5.14 Å². The van der Waals surface area contributed by atoms with Crippen LogP contribution < -0.4 is 10.5 Å². The first-order chi connectivity index (χ1) is 9.49. The van der Waals surface area contributed by atoms with E-state index < -0.39 is 10.0 Å². The number of rotatable bonds is 5. The van der Waals surface area contributed by atoms with Crippen molar-refractivity contribution in [3.63, 3.8) is 0 Å². The van der Waals surface area contributed by atoms with Gasteiger partial charge >= 0.3 is 0 Å². The molecule has 0 atom stereocenters. The number of nitrogens with two attached hydrogens (primary N) is 1. The molecular weight excluding hydrogens is 278 g/mol. The van der Waals surface area contributed by atoms with Gasteiger partial charge in [-0.15, -0.1) is 0 Å². The summed E-state index contributed by atoms with van der Waals surface area (Å²) < 4.78 is 27.4. The van der Waals surface area contributed by atoms with E-state index in [2.05, 4.69) is 5.32 Å². The lowest BCUT2D eigenvalue weighted by molar-refractivity contribution is 0.474. The second kappa shape index (κ2) is 5.88. The molecule has 7 heteroatoms. The van der Waals surface area contributed by atoms with Gasteiger partial charge in [-0.1, -0.05) is 12.1 Å². The van der Waals surface area contributed by atoms with Crippen molar-refractivity contribution in [1.29, 1.82) is 5.26 Å². The zero-order valence-electron chi connectivity index (χ0n) is 10.5. The zero-order chi connectivity index (χ0) is 14.6. The summed E-state index contributed by atoms with van der Waals surface area (Å²) >= 11 is 0. The van der Waals surface area contributed by atoms with E-state index >= 15 is 0 Å². The molecule has 0 spiro atoms. The number of benzene rings is 1. The second-order valence-electron chi connectivity index (χ2n) is 4.17. The van der Waals surface area contributed by atoms with Crippen LogP contribution in [0, 0.1) is 11.3 Å². The number of sulfonamides is 1. The van der Waals surface area contributed by atoms with Crippen molar-refractivity contribution in [2.75, 3.05) is 0 Å². The van der Waals surface area contributed by atoms with Crippen molar-refractivity contribution >= 4 is 10.0 Å². The van der Waals surface area contributed by atoms with Gasteiger partial charge in [-0.25, -0.2) is 13.6 Å². The van der Waals surface area contributed by atoms with E-state index in [0.29, 0.717) is 18.8 Å². The Kier molecular flexibility index (Phi) is 4.20. The average Bonchev–Trinajstić information content (AvgIpc) is 2.86. The van der Waals surface area contributed by atoms with Crippen LogP contribution in [0.3, 0.4) is 0 Å². The third kappa shape index (κ3) is 3.68. The fraction of sp³-hybridized carbons (Fsp3) is 0.154. The van der Waals surface area contributed by atoms with E-state index in [1.807, 2.05) is 6.07 Å². The summed E-state index contributed by atoms with van der Waals surface area (Å²) in [5, 5.41) is 16.8. The van der Waals surface area contributed by atoms with Crippen LogP contribution in [0.1, 0.15) is 17.1 Å². The Morgan fingerprint density at radius 3 is 2.40 bits per heavy atom. The molecule has 0 fully saturated rings. The molecule has 1 aromatic heterocycles. The highest BCUT2D eigenvalue weighted by atomic mass is 32.2. The summed E-state index contributed by atoms with van der Waals surface area (Å²) in [5.74, 6) is 0.946. The number of primary sulfonamides is 1. The molecule has 0 aliphatic rings. The molecule has 20 heavy (non-hydrogen) atoms. The Morgan fingerprint density at radius 1 is 1.15 bits per heavy atom.